The molecule has 4 aromatic rings. The molecule has 0 fully saturated rings. The molecule has 130 valence electrons. The monoisotopic (exact) mass is 367 g/mol. The van der Waals surface area contributed by atoms with Gasteiger partial charge < -0.3 is 4.40 Å². The number of fused-ring (bicyclic) bond motifs is 1. The van der Waals surface area contributed by atoms with E-state index >= 15 is 0 Å². The molecule has 0 radical (unpaired) electrons. The quantitative estimate of drug-likeness (QED) is 0.594. The van der Waals surface area contributed by atoms with Gasteiger partial charge in [-0.05, 0) is 42.5 Å². The van der Waals surface area contributed by atoms with E-state index in [-0.39, 0.29) is 4.90 Å². The van der Waals surface area contributed by atoms with Crippen molar-refractivity contribution in [1.82, 2.24) is 9.38 Å². The van der Waals surface area contributed by atoms with Gasteiger partial charge >= 0.3 is 0 Å². The first-order valence-electron chi connectivity index (χ1n) is 7.84. The second-order valence-electron chi connectivity index (χ2n) is 5.74. The molecule has 0 saturated carbocycles. The van der Waals surface area contributed by atoms with Crippen LogP contribution in [-0.4, -0.2) is 17.8 Å². The minimum Gasteiger partial charge on any atom is -0.306 e. The van der Waals surface area contributed by atoms with E-state index in [9.17, 15) is 12.8 Å². The highest BCUT2D eigenvalue weighted by molar-refractivity contribution is 7.92. The van der Waals surface area contributed by atoms with E-state index in [1.54, 1.807) is 18.2 Å². The summed E-state index contributed by atoms with van der Waals surface area (Å²) in [6, 6.07) is 17.5. The van der Waals surface area contributed by atoms with Crippen LogP contribution in [-0.2, 0) is 10.0 Å². The third kappa shape index (κ3) is 3.16. The number of rotatable bonds is 4. The Morgan fingerprint density at radius 2 is 1.81 bits per heavy atom. The van der Waals surface area contributed by atoms with Crippen LogP contribution in [0.25, 0.3) is 16.9 Å². The van der Waals surface area contributed by atoms with Crippen molar-refractivity contribution in [1.29, 1.82) is 0 Å². The molecule has 0 bridgehead atoms. The molecule has 0 saturated heterocycles. The van der Waals surface area contributed by atoms with Gasteiger partial charge in [-0.25, -0.2) is 17.8 Å². The smallest absolute Gasteiger partial charge is 0.261 e. The Kier molecular flexibility index (Phi) is 3.93. The number of aromatic nitrogens is 2. The van der Waals surface area contributed by atoms with Crippen LogP contribution in [0.2, 0.25) is 0 Å². The first kappa shape index (κ1) is 16.3. The third-order valence-electron chi connectivity index (χ3n) is 3.88. The van der Waals surface area contributed by atoms with Crippen LogP contribution >= 0.6 is 0 Å². The normalized spacial score (nSPS) is 11.6. The van der Waals surface area contributed by atoms with Crippen molar-refractivity contribution in [2.24, 2.45) is 0 Å². The van der Waals surface area contributed by atoms with Crippen LogP contribution in [0.15, 0.2) is 84.0 Å². The Morgan fingerprint density at radius 1 is 0.962 bits per heavy atom. The van der Waals surface area contributed by atoms with Crippen molar-refractivity contribution in [3.63, 3.8) is 0 Å². The Hall–Kier alpha value is -3.19. The van der Waals surface area contributed by atoms with Crippen molar-refractivity contribution in [2.75, 3.05) is 4.72 Å². The van der Waals surface area contributed by atoms with E-state index in [0.29, 0.717) is 5.69 Å². The number of imidazole rings is 1. The van der Waals surface area contributed by atoms with Crippen LogP contribution < -0.4 is 4.72 Å². The van der Waals surface area contributed by atoms with Gasteiger partial charge in [-0.2, -0.15) is 0 Å². The van der Waals surface area contributed by atoms with Gasteiger partial charge in [0.25, 0.3) is 10.0 Å². The molecule has 0 aliphatic rings. The minimum atomic E-state index is -3.88. The summed E-state index contributed by atoms with van der Waals surface area (Å²) in [5.74, 6) is -0.605. The molecule has 0 amide bonds. The minimum absolute atomic E-state index is 0.129. The lowest BCUT2D eigenvalue weighted by Gasteiger charge is -2.09. The molecule has 0 unspecified atom stereocenters. The maximum Gasteiger partial charge on any atom is 0.261 e. The molecule has 2 heterocycles. The van der Waals surface area contributed by atoms with E-state index in [0.717, 1.165) is 23.0 Å². The fraction of sp³-hybridized carbons (Fsp3) is 0. The number of nitrogens with zero attached hydrogens (tertiary/aromatic N) is 2. The lowest BCUT2D eigenvalue weighted by atomic mass is 10.1. The van der Waals surface area contributed by atoms with E-state index in [1.807, 2.05) is 41.1 Å². The van der Waals surface area contributed by atoms with Gasteiger partial charge in [0, 0.05) is 23.6 Å². The molecule has 2 aromatic heterocycles. The lowest BCUT2D eigenvalue weighted by molar-refractivity contribution is 0.595. The molecular formula is C19H14FN3O2S. The molecular weight excluding hydrogens is 353 g/mol. The summed E-state index contributed by atoms with van der Waals surface area (Å²) in [4.78, 5) is 4.40. The fourth-order valence-electron chi connectivity index (χ4n) is 2.66. The summed E-state index contributed by atoms with van der Waals surface area (Å²) >= 11 is 0. The highest BCUT2D eigenvalue weighted by Gasteiger charge is 2.15. The molecule has 0 atom stereocenters. The Morgan fingerprint density at radius 3 is 2.62 bits per heavy atom. The first-order chi connectivity index (χ1) is 12.5. The molecule has 5 nitrogen and oxygen atoms in total. The molecule has 26 heavy (non-hydrogen) atoms. The molecule has 0 aliphatic heterocycles. The van der Waals surface area contributed by atoms with Gasteiger partial charge in [0.1, 0.15) is 11.5 Å². The second kappa shape index (κ2) is 6.27. The number of hydrogen-bond acceptors (Lipinski definition) is 3. The van der Waals surface area contributed by atoms with Gasteiger partial charge in [-0.3, -0.25) is 4.72 Å². The van der Waals surface area contributed by atoms with Crippen LogP contribution in [0.1, 0.15) is 0 Å². The number of hydrogen-bond donors (Lipinski definition) is 1. The summed E-state index contributed by atoms with van der Waals surface area (Å²) in [5.41, 5.74) is 2.67. The highest BCUT2D eigenvalue weighted by Crippen LogP contribution is 2.24. The number of halogens is 1. The van der Waals surface area contributed by atoms with Crippen LogP contribution in [0.4, 0.5) is 10.1 Å². The Balaban J connectivity index is 1.67. The topological polar surface area (TPSA) is 63.5 Å². The maximum absolute atomic E-state index is 13.3. The van der Waals surface area contributed by atoms with Crippen molar-refractivity contribution in [3.8, 4) is 11.3 Å². The van der Waals surface area contributed by atoms with Crippen LogP contribution in [0.5, 0.6) is 0 Å². The Bertz CT molecular complexity index is 1170. The predicted octanol–water partition coefficient (Wildman–Crippen LogP) is 3.94. The van der Waals surface area contributed by atoms with Gasteiger partial charge in [-0.1, -0.05) is 24.3 Å². The average Bonchev–Trinajstić information content (AvgIpc) is 3.06. The zero-order chi connectivity index (χ0) is 18.1. The van der Waals surface area contributed by atoms with E-state index in [1.165, 1.54) is 18.2 Å². The van der Waals surface area contributed by atoms with Gasteiger partial charge in [-0.15, -0.1) is 0 Å². The van der Waals surface area contributed by atoms with E-state index in [4.69, 9.17) is 0 Å². The van der Waals surface area contributed by atoms with Gasteiger partial charge in [0.15, 0.2) is 0 Å². The van der Waals surface area contributed by atoms with Crippen LogP contribution in [0.3, 0.4) is 0 Å². The summed E-state index contributed by atoms with van der Waals surface area (Å²) in [6.07, 6.45) is 3.76. The second-order valence-corrected chi connectivity index (χ2v) is 7.42. The van der Waals surface area contributed by atoms with Gasteiger partial charge in [0.2, 0.25) is 0 Å². The number of anilines is 1. The SMILES string of the molecule is O=S(=O)(Nc1cccc(-c2cn3ccccc3n2)c1)c1cccc(F)c1. The molecule has 2 aromatic carbocycles. The number of pyridine rings is 1. The summed E-state index contributed by atoms with van der Waals surface area (Å²) in [7, 11) is -3.88. The molecule has 0 aliphatic carbocycles. The van der Waals surface area contributed by atoms with Crippen molar-refractivity contribution >= 4 is 21.4 Å². The van der Waals surface area contributed by atoms with E-state index < -0.39 is 15.8 Å². The zero-order valence-electron chi connectivity index (χ0n) is 13.5. The first-order valence-corrected chi connectivity index (χ1v) is 9.32. The predicted molar refractivity (Wildman–Crippen MR) is 97.8 cm³/mol. The summed E-state index contributed by atoms with van der Waals surface area (Å²) in [6.45, 7) is 0. The highest BCUT2D eigenvalue weighted by atomic mass is 32.2. The largest absolute Gasteiger partial charge is 0.306 e. The molecule has 4 rings (SSSR count). The van der Waals surface area contributed by atoms with E-state index in [2.05, 4.69) is 9.71 Å². The fourth-order valence-corrected chi connectivity index (χ4v) is 3.74. The standard InChI is InChI=1S/C19H14FN3O2S/c20-15-6-4-8-17(12-15)26(24,25)22-16-7-3-5-14(11-16)18-13-23-10-2-1-9-19(23)21-18/h1-13,22H. The third-order valence-corrected chi connectivity index (χ3v) is 5.26. The summed E-state index contributed by atoms with van der Waals surface area (Å²) in [5, 5.41) is 0. The van der Waals surface area contributed by atoms with Crippen molar-refractivity contribution in [3.05, 3.63) is 84.9 Å². The number of nitrogens with one attached hydrogen (secondary N) is 1. The molecule has 0 spiro atoms. The lowest BCUT2D eigenvalue weighted by Crippen LogP contribution is -2.13. The maximum atomic E-state index is 13.3. The van der Waals surface area contributed by atoms with Crippen LogP contribution in [0, 0.1) is 5.82 Å². The average molecular weight is 367 g/mol. The van der Waals surface area contributed by atoms with Crippen molar-refractivity contribution in [2.45, 2.75) is 4.90 Å². The van der Waals surface area contributed by atoms with Crippen molar-refractivity contribution < 1.29 is 12.8 Å². The number of benzene rings is 2. The molecule has 1 N–H and O–H groups in total. The Labute approximate surface area is 149 Å². The zero-order valence-corrected chi connectivity index (χ0v) is 14.3. The molecule has 7 heteroatoms. The number of sulfonamides is 1. The summed E-state index contributed by atoms with van der Waals surface area (Å²) < 4.78 is 42.6. The van der Waals surface area contributed by atoms with Gasteiger partial charge in [0.05, 0.1) is 10.6 Å².